The summed E-state index contributed by atoms with van der Waals surface area (Å²) in [4.78, 5) is 0. The Kier molecular flexibility index (Phi) is 4.72. The highest BCUT2D eigenvalue weighted by Crippen LogP contribution is 2.24. The lowest BCUT2D eigenvalue weighted by atomic mass is 10.2. The number of nitriles is 1. The van der Waals surface area contributed by atoms with Crippen LogP contribution in [0.3, 0.4) is 0 Å². The summed E-state index contributed by atoms with van der Waals surface area (Å²) in [5.74, 6) is -4.11. The van der Waals surface area contributed by atoms with Crippen molar-refractivity contribution in [1.82, 2.24) is 0 Å². The maximum absolute atomic E-state index is 12.6. The summed E-state index contributed by atoms with van der Waals surface area (Å²) in [5, 5.41) is 8.29. The van der Waals surface area contributed by atoms with E-state index < -0.39 is 19.0 Å². The number of halogens is 4. The van der Waals surface area contributed by atoms with Crippen molar-refractivity contribution in [1.29, 1.82) is 5.26 Å². The van der Waals surface area contributed by atoms with Crippen LogP contribution in [0.1, 0.15) is 5.56 Å². The van der Waals surface area contributed by atoms with Gasteiger partial charge in [-0.15, -0.1) is 0 Å². The van der Waals surface area contributed by atoms with Gasteiger partial charge >= 0.3 is 12.3 Å². The second-order valence-corrected chi connectivity index (χ2v) is 3.38. The van der Waals surface area contributed by atoms with Crippen LogP contribution in [-0.2, 0) is 0 Å². The van der Waals surface area contributed by atoms with Gasteiger partial charge in [-0.1, -0.05) is 12.1 Å². The molecule has 1 aromatic rings. The molecule has 2 nitrogen and oxygen atoms in total. The topological polar surface area (TPSA) is 33.0 Å². The van der Waals surface area contributed by atoms with Crippen molar-refractivity contribution in [3.8, 4) is 11.8 Å². The molecule has 1 aromatic carbocycles. The van der Waals surface area contributed by atoms with Gasteiger partial charge in [0, 0.05) is 6.08 Å². The van der Waals surface area contributed by atoms with Gasteiger partial charge in [0.05, 0.1) is 6.07 Å². The minimum Gasteiger partial charge on any atom is -0.487 e. The second-order valence-electron chi connectivity index (χ2n) is 3.38. The fraction of sp³-hybridized carbons (Fsp3) is 0.250. The third kappa shape index (κ3) is 4.09. The third-order valence-corrected chi connectivity index (χ3v) is 1.98. The Morgan fingerprint density at radius 2 is 1.89 bits per heavy atom. The summed E-state index contributed by atoms with van der Waals surface area (Å²) < 4.78 is 53.4. The molecule has 0 aliphatic heterocycles. The highest BCUT2D eigenvalue weighted by molar-refractivity contribution is 5.52. The van der Waals surface area contributed by atoms with Crippen LogP contribution >= 0.6 is 0 Å². The summed E-state index contributed by atoms with van der Waals surface area (Å²) in [5.41, 5.74) is 0.671. The molecule has 0 atom stereocenters. The Morgan fingerprint density at radius 3 is 2.39 bits per heavy atom. The molecular weight excluding hydrogens is 250 g/mol. The standard InChI is InChI=1S/C12H9F4NO/c13-11(14)12(15,16)8-18-10-5-3-9(4-6-10)2-1-7-17/h1-6,11H,8H2. The van der Waals surface area contributed by atoms with E-state index in [1.165, 1.54) is 36.4 Å². The van der Waals surface area contributed by atoms with Gasteiger partial charge in [-0.3, -0.25) is 0 Å². The van der Waals surface area contributed by atoms with Crippen LogP contribution in [0.25, 0.3) is 6.08 Å². The Bertz CT molecular complexity index is 448. The molecule has 6 heteroatoms. The lowest BCUT2D eigenvalue weighted by molar-refractivity contribution is -0.148. The minimum atomic E-state index is -4.17. The molecule has 0 unspecified atom stereocenters. The largest absolute Gasteiger partial charge is 0.487 e. The summed E-state index contributed by atoms with van der Waals surface area (Å²) in [6, 6.07) is 7.55. The summed E-state index contributed by atoms with van der Waals surface area (Å²) in [7, 11) is 0. The first-order valence-electron chi connectivity index (χ1n) is 4.91. The highest BCUT2D eigenvalue weighted by atomic mass is 19.3. The predicted molar refractivity (Wildman–Crippen MR) is 57.5 cm³/mol. The average Bonchev–Trinajstić information content (AvgIpc) is 2.35. The summed E-state index contributed by atoms with van der Waals surface area (Å²) in [6.45, 7) is -1.38. The van der Waals surface area contributed by atoms with E-state index in [9.17, 15) is 17.6 Å². The molecule has 0 aliphatic carbocycles. The summed E-state index contributed by atoms with van der Waals surface area (Å²) >= 11 is 0. The monoisotopic (exact) mass is 259 g/mol. The average molecular weight is 259 g/mol. The van der Waals surface area contributed by atoms with E-state index in [0.29, 0.717) is 5.56 Å². The van der Waals surface area contributed by atoms with E-state index in [2.05, 4.69) is 4.74 Å². The van der Waals surface area contributed by atoms with Gasteiger partial charge in [0.1, 0.15) is 5.75 Å². The van der Waals surface area contributed by atoms with Crippen molar-refractivity contribution in [2.24, 2.45) is 0 Å². The van der Waals surface area contributed by atoms with E-state index in [1.54, 1.807) is 6.07 Å². The zero-order chi connectivity index (χ0) is 13.6. The number of benzene rings is 1. The van der Waals surface area contributed by atoms with Crippen LogP contribution in [-0.4, -0.2) is 19.0 Å². The first-order valence-corrected chi connectivity index (χ1v) is 4.91. The van der Waals surface area contributed by atoms with Gasteiger partial charge in [-0.25, -0.2) is 8.78 Å². The van der Waals surface area contributed by atoms with Crippen molar-refractivity contribution < 1.29 is 22.3 Å². The SMILES string of the molecule is N#CC=Cc1ccc(OCC(F)(F)C(F)F)cc1. The quantitative estimate of drug-likeness (QED) is 0.599. The van der Waals surface area contributed by atoms with Crippen LogP contribution < -0.4 is 4.74 Å². The van der Waals surface area contributed by atoms with Crippen LogP contribution in [0.5, 0.6) is 5.75 Å². The first kappa shape index (κ1) is 14.0. The number of hydrogen-bond donors (Lipinski definition) is 0. The third-order valence-electron chi connectivity index (χ3n) is 1.98. The molecule has 0 bridgehead atoms. The maximum atomic E-state index is 12.6. The number of ether oxygens (including phenoxy) is 1. The molecule has 0 N–H and O–H groups in total. The normalized spacial score (nSPS) is 11.8. The van der Waals surface area contributed by atoms with Crippen molar-refractivity contribution in [2.45, 2.75) is 12.3 Å². The van der Waals surface area contributed by atoms with E-state index in [4.69, 9.17) is 5.26 Å². The Hall–Kier alpha value is -2.03. The molecule has 96 valence electrons. The number of allylic oxidation sites excluding steroid dienone is 1. The molecule has 0 saturated carbocycles. The summed E-state index contributed by atoms with van der Waals surface area (Å²) in [6.07, 6.45) is -0.992. The van der Waals surface area contributed by atoms with Gasteiger partial charge in [0.25, 0.3) is 0 Å². The lowest BCUT2D eigenvalue weighted by Gasteiger charge is -2.15. The van der Waals surface area contributed by atoms with Crippen LogP contribution in [0.2, 0.25) is 0 Å². The second kappa shape index (κ2) is 6.05. The van der Waals surface area contributed by atoms with E-state index >= 15 is 0 Å². The maximum Gasteiger partial charge on any atom is 0.340 e. The van der Waals surface area contributed by atoms with E-state index in [-0.39, 0.29) is 5.75 Å². The molecule has 0 aliphatic rings. The molecule has 0 spiro atoms. The molecule has 1 rings (SSSR count). The molecule has 0 amide bonds. The van der Waals surface area contributed by atoms with Gasteiger partial charge in [0.2, 0.25) is 0 Å². The Balaban J connectivity index is 2.60. The molecule has 0 radical (unpaired) electrons. The number of nitrogens with zero attached hydrogens (tertiary/aromatic N) is 1. The fourth-order valence-electron chi connectivity index (χ4n) is 1.05. The molecule has 18 heavy (non-hydrogen) atoms. The number of hydrogen-bond acceptors (Lipinski definition) is 2. The predicted octanol–water partition coefficient (Wildman–Crippen LogP) is 3.50. The molecule has 0 heterocycles. The van der Waals surface area contributed by atoms with Gasteiger partial charge < -0.3 is 4.74 Å². The zero-order valence-corrected chi connectivity index (χ0v) is 9.12. The van der Waals surface area contributed by atoms with Crippen molar-refractivity contribution in [3.05, 3.63) is 35.9 Å². The lowest BCUT2D eigenvalue weighted by Crippen LogP contribution is -2.33. The minimum absolute atomic E-state index is 0.0597. The van der Waals surface area contributed by atoms with Crippen molar-refractivity contribution in [2.75, 3.05) is 6.61 Å². The highest BCUT2D eigenvalue weighted by Gasteiger charge is 2.41. The molecule has 0 saturated heterocycles. The molecular formula is C12H9F4NO. The van der Waals surface area contributed by atoms with Gasteiger partial charge in [-0.2, -0.15) is 14.0 Å². The van der Waals surface area contributed by atoms with Gasteiger partial charge in [0.15, 0.2) is 6.61 Å². The van der Waals surface area contributed by atoms with Crippen LogP contribution in [0.15, 0.2) is 30.3 Å². The number of rotatable bonds is 5. The fourth-order valence-corrected chi connectivity index (χ4v) is 1.05. The van der Waals surface area contributed by atoms with Crippen LogP contribution in [0.4, 0.5) is 17.6 Å². The number of alkyl halides is 4. The van der Waals surface area contributed by atoms with E-state index in [0.717, 1.165) is 0 Å². The van der Waals surface area contributed by atoms with Crippen molar-refractivity contribution >= 4 is 6.08 Å². The first-order chi connectivity index (χ1) is 8.45. The van der Waals surface area contributed by atoms with Gasteiger partial charge in [-0.05, 0) is 23.8 Å². The molecule has 0 fully saturated rings. The molecule has 0 aromatic heterocycles. The smallest absolute Gasteiger partial charge is 0.340 e. The Labute approximate surface area is 101 Å². The van der Waals surface area contributed by atoms with E-state index in [1.807, 2.05) is 0 Å². The van der Waals surface area contributed by atoms with Crippen molar-refractivity contribution in [3.63, 3.8) is 0 Å². The van der Waals surface area contributed by atoms with Crippen LogP contribution in [0, 0.1) is 11.3 Å². The zero-order valence-electron chi connectivity index (χ0n) is 9.12. The Morgan fingerprint density at radius 1 is 1.28 bits per heavy atom.